The second-order valence-corrected chi connectivity index (χ2v) is 4.22. The van der Waals surface area contributed by atoms with Crippen LogP contribution in [0, 0.1) is 6.92 Å². The highest BCUT2D eigenvalue weighted by molar-refractivity contribution is 6.00. The quantitative estimate of drug-likeness (QED) is 0.762. The number of hydrogen-bond acceptors (Lipinski definition) is 4. The third kappa shape index (κ3) is 2.69. The van der Waals surface area contributed by atoms with Crippen molar-refractivity contribution in [2.24, 2.45) is 9.98 Å². The third-order valence-electron chi connectivity index (χ3n) is 2.97. The molecule has 1 aromatic carbocycles. The highest BCUT2D eigenvalue weighted by Gasteiger charge is 2.16. The van der Waals surface area contributed by atoms with Gasteiger partial charge in [0.2, 0.25) is 0 Å². The molecule has 0 aliphatic carbocycles. The zero-order valence-corrected chi connectivity index (χ0v) is 12.0. The average molecular weight is 276 g/mol. The van der Waals surface area contributed by atoms with Crippen molar-refractivity contribution in [3.63, 3.8) is 0 Å². The Kier molecular flexibility index (Phi) is 4.51. The molecule has 0 amide bonds. The van der Waals surface area contributed by atoms with Gasteiger partial charge < -0.3 is 0 Å². The van der Waals surface area contributed by atoms with Gasteiger partial charge in [0.05, 0.1) is 22.4 Å². The van der Waals surface area contributed by atoms with Gasteiger partial charge in [0.25, 0.3) is 0 Å². The van der Waals surface area contributed by atoms with Crippen LogP contribution in [0.2, 0.25) is 0 Å². The molecule has 0 aliphatic rings. The molecule has 2 aromatic rings. The summed E-state index contributed by atoms with van der Waals surface area (Å²) in [5, 5.41) is 0. The Morgan fingerprint density at radius 1 is 0.905 bits per heavy atom. The third-order valence-corrected chi connectivity index (χ3v) is 2.97. The zero-order valence-electron chi connectivity index (χ0n) is 12.0. The maximum atomic E-state index is 4.43. The van der Waals surface area contributed by atoms with Crippen LogP contribution in [0.1, 0.15) is 11.1 Å². The van der Waals surface area contributed by atoms with Crippen molar-refractivity contribution in [3.05, 3.63) is 55.4 Å². The molecule has 0 fully saturated rings. The first-order valence-corrected chi connectivity index (χ1v) is 6.44. The summed E-state index contributed by atoms with van der Waals surface area (Å²) in [6, 6.07) is 0. The van der Waals surface area contributed by atoms with E-state index in [9.17, 15) is 0 Å². The van der Waals surface area contributed by atoms with Gasteiger partial charge in [0.1, 0.15) is 0 Å². The van der Waals surface area contributed by atoms with Gasteiger partial charge in [0.15, 0.2) is 0 Å². The molecule has 0 N–H and O–H groups in total. The normalized spacial score (nSPS) is 11.3. The van der Waals surface area contributed by atoms with Crippen molar-refractivity contribution in [1.82, 2.24) is 9.97 Å². The van der Waals surface area contributed by atoms with Crippen LogP contribution in [0.25, 0.3) is 17.1 Å². The Balaban J connectivity index is 2.95. The van der Waals surface area contributed by atoms with E-state index in [1.165, 1.54) is 0 Å². The monoisotopic (exact) mass is 276 g/mol. The lowest BCUT2D eigenvalue weighted by molar-refractivity contribution is 1.26. The fourth-order valence-electron chi connectivity index (χ4n) is 2.08. The van der Waals surface area contributed by atoms with Gasteiger partial charge in [-0.1, -0.05) is 38.0 Å². The molecule has 0 bridgehead atoms. The Labute approximate surface area is 124 Å². The molecule has 1 aromatic heterocycles. The number of nitrogens with zero attached hydrogens (tertiary/aromatic N) is 4. The Morgan fingerprint density at radius 2 is 1.48 bits per heavy atom. The van der Waals surface area contributed by atoms with Gasteiger partial charge in [-0.3, -0.25) is 20.0 Å². The summed E-state index contributed by atoms with van der Waals surface area (Å²) in [4.78, 5) is 17.7. The molecule has 4 heteroatoms. The Morgan fingerprint density at radius 3 is 2.05 bits per heavy atom. The molecule has 0 radical (unpaired) electrons. The summed E-state index contributed by atoms with van der Waals surface area (Å²) in [7, 11) is 0. The molecular weight excluding hydrogens is 260 g/mol. The van der Waals surface area contributed by atoms with E-state index in [1.54, 1.807) is 43.1 Å². The predicted molar refractivity (Wildman–Crippen MR) is 91.1 cm³/mol. The molecule has 1 heterocycles. The van der Waals surface area contributed by atoms with Crippen molar-refractivity contribution in [3.8, 4) is 0 Å². The summed E-state index contributed by atoms with van der Waals surface area (Å²) in [6.45, 7) is 13.1. The number of benzene rings is 1. The number of aliphatic imine (C=N–C) groups is 2. The van der Waals surface area contributed by atoms with Gasteiger partial charge in [-0.25, -0.2) is 0 Å². The zero-order chi connectivity index (χ0) is 15.2. The maximum Gasteiger partial charge on any atom is 0.0984 e. The lowest BCUT2D eigenvalue weighted by atomic mass is 10.0. The van der Waals surface area contributed by atoms with Crippen molar-refractivity contribution in [2.45, 2.75) is 6.92 Å². The molecule has 2 rings (SSSR count). The molecule has 0 aliphatic heterocycles. The first-order valence-electron chi connectivity index (χ1n) is 6.44. The SMILES string of the molecule is C=CC=Nc1c(N=CC=C)c(C=C)c2nccnc2c1C. The smallest absolute Gasteiger partial charge is 0.0984 e. The summed E-state index contributed by atoms with van der Waals surface area (Å²) >= 11 is 0. The van der Waals surface area contributed by atoms with Gasteiger partial charge in [-0.05, 0) is 6.92 Å². The van der Waals surface area contributed by atoms with Crippen LogP contribution in [-0.4, -0.2) is 22.4 Å². The van der Waals surface area contributed by atoms with Gasteiger partial charge >= 0.3 is 0 Å². The number of hydrogen-bond donors (Lipinski definition) is 0. The highest BCUT2D eigenvalue weighted by Crippen LogP contribution is 2.40. The standard InChI is InChI=1S/C17H16N4/c1-5-8-18-14-12(4)15-17(21-11-10-20-15)13(7-3)16(14)19-9-6-2/h5-11H,1-3H2,4H3. The molecule has 0 unspecified atom stereocenters. The van der Waals surface area contributed by atoms with Crippen molar-refractivity contribution in [1.29, 1.82) is 0 Å². The summed E-state index contributed by atoms with van der Waals surface area (Å²) in [6.07, 6.45) is 11.5. The van der Waals surface area contributed by atoms with E-state index in [2.05, 4.69) is 39.7 Å². The molecule has 4 nitrogen and oxygen atoms in total. The minimum atomic E-state index is 0.702. The fraction of sp³-hybridized carbons (Fsp3) is 0.0588. The van der Waals surface area contributed by atoms with E-state index in [0.717, 1.165) is 27.8 Å². The van der Waals surface area contributed by atoms with Gasteiger partial charge in [-0.2, -0.15) is 0 Å². The van der Waals surface area contributed by atoms with E-state index in [4.69, 9.17) is 0 Å². The van der Waals surface area contributed by atoms with Crippen molar-refractivity contribution < 1.29 is 0 Å². The summed E-state index contributed by atoms with van der Waals surface area (Å²) < 4.78 is 0. The first-order chi connectivity index (χ1) is 10.2. The molecule has 0 saturated heterocycles. The minimum Gasteiger partial charge on any atom is -0.254 e. The van der Waals surface area contributed by atoms with E-state index >= 15 is 0 Å². The van der Waals surface area contributed by atoms with Crippen LogP contribution in [-0.2, 0) is 0 Å². The summed E-state index contributed by atoms with van der Waals surface area (Å²) in [5.74, 6) is 0. The van der Waals surface area contributed by atoms with Crippen LogP contribution >= 0.6 is 0 Å². The number of allylic oxidation sites excluding steroid dienone is 2. The lowest BCUT2D eigenvalue weighted by Crippen LogP contribution is -1.92. The Bertz CT molecular complexity index is 770. The van der Waals surface area contributed by atoms with Crippen LogP contribution in [0.5, 0.6) is 0 Å². The largest absolute Gasteiger partial charge is 0.254 e. The molecule has 0 atom stereocenters. The molecule has 21 heavy (non-hydrogen) atoms. The lowest BCUT2D eigenvalue weighted by Gasteiger charge is -2.12. The molecular formula is C17H16N4. The number of fused-ring (bicyclic) bond motifs is 1. The van der Waals surface area contributed by atoms with Crippen molar-refractivity contribution >= 4 is 40.9 Å². The van der Waals surface area contributed by atoms with Crippen LogP contribution in [0.3, 0.4) is 0 Å². The van der Waals surface area contributed by atoms with Crippen LogP contribution < -0.4 is 0 Å². The molecule has 104 valence electrons. The number of aromatic nitrogens is 2. The molecule has 0 spiro atoms. The predicted octanol–water partition coefficient (Wildman–Crippen LogP) is 4.36. The minimum absolute atomic E-state index is 0.702. The second-order valence-electron chi connectivity index (χ2n) is 4.22. The maximum absolute atomic E-state index is 4.43. The fourth-order valence-corrected chi connectivity index (χ4v) is 2.08. The van der Waals surface area contributed by atoms with E-state index in [0.29, 0.717) is 5.69 Å². The number of rotatable bonds is 5. The molecule has 0 saturated carbocycles. The van der Waals surface area contributed by atoms with Gasteiger partial charge in [-0.15, -0.1) is 0 Å². The van der Waals surface area contributed by atoms with E-state index in [-0.39, 0.29) is 0 Å². The first kappa shape index (κ1) is 14.5. The number of aryl methyl sites for hydroxylation is 1. The second kappa shape index (κ2) is 6.52. The van der Waals surface area contributed by atoms with Gasteiger partial charge in [0, 0.05) is 35.9 Å². The van der Waals surface area contributed by atoms with Crippen LogP contribution in [0.15, 0.2) is 54.3 Å². The Hall–Kier alpha value is -2.88. The average Bonchev–Trinajstić information content (AvgIpc) is 2.52. The van der Waals surface area contributed by atoms with Crippen molar-refractivity contribution in [2.75, 3.05) is 0 Å². The summed E-state index contributed by atoms with van der Waals surface area (Å²) in [5.41, 5.74) is 4.71. The topological polar surface area (TPSA) is 50.5 Å². The van der Waals surface area contributed by atoms with E-state index < -0.39 is 0 Å². The van der Waals surface area contributed by atoms with E-state index in [1.807, 2.05) is 6.92 Å². The highest BCUT2D eigenvalue weighted by atomic mass is 14.9. The van der Waals surface area contributed by atoms with Crippen LogP contribution in [0.4, 0.5) is 11.4 Å².